The predicted molar refractivity (Wildman–Crippen MR) is 242 cm³/mol. The van der Waals surface area contributed by atoms with Crippen molar-refractivity contribution in [1.29, 1.82) is 0 Å². The highest BCUT2D eigenvalue weighted by Crippen LogP contribution is 2.12. The lowest BCUT2D eigenvalue weighted by Crippen LogP contribution is -2.30. The molecule has 0 rings (SSSR count). The molecule has 0 saturated heterocycles. The predicted octanol–water partition coefficient (Wildman–Crippen LogP) is 15.1. The molecule has 6 heteroatoms. The van der Waals surface area contributed by atoms with E-state index in [2.05, 4.69) is 93.7 Å². The molecule has 0 amide bonds. The number of rotatable bonds is 41. The first-order chi connectivity index (χ1) is 28.0. The van der Waals surface area contributed by atoms with Gasteiger partial charge < -0.3 is 14.2 Å². The maximum atomic E-state index is 12.7. The zero-order chi connectivity index (χ0) is 41.5. The van der Waals surface area contributed by atoms with Gasteiger partial charge in [0.05, 0.1) is 0 Å². The Morgan fingerprint density at radius 1 is 0.368 bits per heavy atom. The minimum atomic E-state index is -0.788. The molecule has 0 aliphatic rings. The first-order valence-corrected chi connectivity index (χ1v) is 23.4. The molecule has 6 nitrogen and oxygen atoms in total. The Balaban J connectivity index is 4.34. The highest BCUT2D eigenvalue weighted by atomic mass is 16.6. The normalized spacial score (nSPS) is 12.7. The van der Waals surface area contributed by atoms with Gasteiger partial charge in [0.25, 0.3) is 0 Å². The molecule has 1 unspecified atom stereocenters. The molecule has 0 aromatic heterocycles. The van der Waals surface area contributed by atoms with Crippen molar-refractivity contribution in [3.63, 3.8) is 0 Å². The minimum absolute atomic E-state index is 0.0900. The molecular formula is C51H86O6. The van der Waals surface area contributed by atoms with Gasteiger partial charge in [-0.1, -0.05) is 177 Å². The number of unbranched alkanes of at least 4 members (excludes halogenated alkanes) is 18. The second-order valence-electron chi connectivity index (χ2n) is 15.3. The van der Waals surface area contributed by atoms with Gasteiger partial charge in [-0.3, -0.25) is 14.4 Å². The third-order valence-electron chi connectivity index (χ3n) is 9.70. The van der Waals surface area contributed by atoms with Gasteiger partial charge in [-0.05, 0) is 89.9 Å². The molecule has 0 N–H and O–H groups in total. The van der Waals surface area contributed by atoms with Crippen LogP contribution in [0.25, 0.3) is 0 Å². The first-order valence-electron chi connectivity index (χ1n) is 23.4. The summed E-state index contributed by atoms with van der Waals surface area (Å²) in [4.78, 5) is 37.6. The van der Waals surface area contributed by atoms with E-state index in [-0.39, 0.29) is 31.1 Å². The summed E-state index contributed by atoms with van der Waals surface area (Å²) < 4.78 is 16.6. The van der Waals surface area contributed by atoms with Crippen LogP contribution in [0.4, 0.5) is 0 Å². The SMILES string of the molecule is CC/C=C\C/C=C\C/C=C\C/C=C\CCCCCCC(=O)OCC(COC(=O)CCCCCCCC)OC(=O)CCCCCCC/C=C\C/C=C\CCCCCC. The van der Waals surface area contributed by atoms with Crippen molar-refractivity contribution in [2.24, 2.45) is 0 Å². The lowest BCUT2D eigenvalue weighted by atomic mass is 10.1. The molecule has 326 valence electrons. The molecule has 0 aliphatic heterocycles. The molecule has 1 atom stereocenters. The summed E-state index contributed by atoms with van der Waals surface area (Å²) in [5.74, 6) is -0.942. The van der Waals surface area contributed by atoms with Gasteiger partial charge in [-0.15, -0.1) is 0 Å². The second kappa shape index (κ2) is 45.6. The molecular weight excluding hydrogens is 709 g/mol. The van der Waals surface area contributed by atoms with E-state index < -0.39 is 6.10 Å². The summed E-state index contributed by atoms with van der Waals surface area (Å²) in [6.07, 6.45) is 56.1. The van der Waals surface area contributed by atoms with Crippen LogP contribution in [-0.2, 0) is 28.6 Å². The fourth-order valence-electron chi connectivity index (χ4n) is 6.17. The molecule has 0 aromatic rings. The fraction of sp³-hybridized carbons (Fsp3) is 0.706. The second-order valence-corrected chi connectivity index (χ2v) is 15.3. The molecule has 0 radical (unpaired) electrons. The number of esters is 3. The van der Waals surface area contributed by atoms with Crippen molar-refractivity contribution in [3.05, 3.63) is 72.9 Å². The highest BCUT2D eigenvalue weighted by molar-refractivity contribution is 5.71. The first kappa shape index (κ1) is 53.9. The third kappa shape index (κ3) is 43.8. The van der Waals surface area contributed by atoms with E-state index in [4.69, 9.17) is 14.2 Å². The van der Waals surface area contributed by atoms with Crippen molar-refractivity contribution in [1.82, 2.24) is 0 Å². The van der Waals surface area contributed by atoms with Crippen molar-refractivity contribution in [2.75, 3.05) is 13.2 Å². The zero-order valence-corrected chi connectivity index (χ0v) is 37.1. The quantitative estimate of drug-likeness (QED) is 0.0265. The summed E-state index contributed by atoms with van der Waals surface area (Å²) in [7, 11) is 0. The van der Waals surface area contributed by atoms with Gasteiger partial charge in [-0.25, -0.2) is 0 Å². The largest absolute Gasteiger partial charge is 0.462 e. The Kier molecular flexibility index (Phi) is 43.0. The number of carbonyl (C=O) groups is 3. The Hall–Kier alpha value is -3.15. The Morgan fingerprint density at radius 3 is 1.09 bits per heavy atom. The topological polar surface area (TPSA) is 78.9 Å². The lowest BCUT2D eigenvalue weighted by molar-refractivity contribution is -0.167. The van der Waals surface area contributed by atoms with E-state index in [0.717, 1.165) is 122 Å². The Labute approximate surface area is 351 Å². The van der Waals surface area contributed by atoms with Gasteiger partial charge in [0.15, 0.2) is 6.10 Å². The average molecular weight is 795 g/mol. The lowest BCUT2D eigenvalue weighted by Gasteiger charge is -2.18. The summed E-state index contributed by atoms with van der Waals surface area (Å²) >= 11 is 0. The molecule has 0 heterocycles. The van der Waals surface area contributed by atoms with Crippen molar-refractivity contribution in [3.8, 4) is 0 Å². The number of ether oxygens (including phenoxy) is 3. The van der Waals surface area contributed by atoms with Crippen LogP contribution in [-0.4, -0.2) is 37.2 Å². The van der Waals surface area contributed by atoms with E-state index in [9.17, 15) is 14.4 Å². The zero-order valence-electron chi connectivity index (χ0n) is 37.1. The van der Waals surface area contributed by atoms with E-state index in [1.807, 2.05) is 0 Å². The molecule has 0 spiro atoms. The van der Waals surface area contributed by atoms with Gasteiger partial charge >= 0.3 is 17.9 Å². The highest BCUT2D eigenvalue weighted by Gasteiger charge is 2.19. The average Bonchev–Trinajstić information content (AvgIpc) is 3.21. The van der Waals surface area contributed by atoms with Crippen LogP contribution < -0.4 is 0 Å². The Morgan fingerprint density at radius 2 is 0.684 bits per heavy atom. The van der Waals surface area contributed by atoms with Crippen LogP contribution in [0.2, 0.25) is 0 Å². The summed E-state index contributed by atoms with van der Waals surface area (Å²) in [6, 6.07) is 0. The monoisotopic (exact) mass is 795 g/mol. The molecule has 0 fully saturated rings. The number of hydrogen-bond donors (Lipinski definition) is 0. The molecule has 0 aromatic carbocycles. The van der Waals surface area contributed by atoms with Crippen molar-refractivity contribution >= 4 is 17.9 Å². The van der Waals surface area contributed by atoms with Crippen LogP contribution >= 0.6 is 0 Å². The van der Waals surface area contributed by atoms with Crippen LogP contribution in [0.3, 0.4) is 0 Å². The van der Waals surface area contributed by atoms with Gasteiger partial charge in [-0.2, -0.15) is 0 Å². The van der Waals surface area contributed by atoms with E-state index in [1.165, 1.54) is 51.4 Å². The molecule has 57 heavy (non-hydrogen) atoms. The van der Waals surface area contributed by atoms with E-state index >= 15 is 0 Å². The summed E-state index contributed by atoms with van der Waals surface area (Å²) in [5, 5.41) is 0. The van der Waals surface area contributed by atoms with Gasteiger partial charge in [0.1, 0.15) is 13.2 Å². The fourth-order valence-corrected chi connectivity index (χ4v) is 6.17. The summed E-state index contributed by atoms with van der Waals surface area (Å²) in [6.45, 7) is 6.40. The van der Waals surface area contributed by atoms with Gasteiger partial charge in [0.2, 0.25) is 0 Å². The van der Waals surface area contributed by atoms with Crippen LogP contribution in [0.5, 0.6) is 0 Å². The maximum Gasteiger partial charge on any atom is 0.306 e. The third-order valence-corrected chi connectivity index (χ3v) is 9.70. The number of carbonyl (C=O) groups excluding carboxylic acids is 3. The van der Waals surface area contributed by atoms with Gasteiger partial charge in [0, 0.05) is 19.3 Å². The standard InChI is InChI=1S/C51H86O6/c1-4-7-10-13-16-18-20-22-24-26-28-29-31-33-35-38-41-44-50(53)56-47-48(46-55-49(52)43-40-37-15-12-9-6-3)57-51(54)45-42-39-36-34-32-30-27-25-23-21-19-17-14-11-8-5-2/h7,10,16,18-19,21-22,24-25,27-29,48H,4-6,8-9,11-15,17,20,23,26,30-47H2,1-3H3/b10-7-,18-16-,21-19-,24-22-,27-25-,29-28-. The minimum Gasteiger partial charge on any atom is -0.462 e. The molecule has 0 saturated carbocycles. The van der Waals surface area contributed by atoms with E-state index in [0.29, 0.717) is 19.3 Å². The van der Waals surface area contributed by atoms with Crippen LogP contribution in [0.1, 0.15) is 213 Å². The van der Waals surface area contributed by atoms with Crippen LogP contribution in [0.15, 0.2) is 72.9 Å². The van der Waals surface area contributed by atoms with E-state index in [1.54, 1.807) is 0 Å². The maximum absolute atomic E-state index is 12.7. The molecule has 0 bridgehead atoms. The Bertz CT molecular complexity index is 1100. The smallest absolute Gasteiger partial charge is 0.306 e. The number of hydrogen-bond acceptors (Lipinski definition) is 6. The van der Waals surface area contributed by atoms with Crippen LogP contribution in [0, 0.1) is 0 Å². The summed E-state index contributed by atoms with van der Waals surface area (Å²) in [5.41, 5.74) is 0. The molecule has 0 aliphatic carbocycles. The number of allylic oxidation sites excluding steroid dienone is 12. The van der Waals surface area contributed by atoms with Crippen molar-refractivity contribution in [2.45, 2.75) is 219 Å². The van der Waals surface area contributed by atoms with Crippen molar-refractivity contribution < 1.29 is 28.6 Å².